The number of carbonyl (C=O) groups is 2. The second-order valence-corrected chi connectivity index (χ2v) is 5.72. The normalized spacial score (nSPS) is 15.0. The molecule has 0 saturated heterocycles. The minimum absolute atomic E-state index is 0.312. The second kappa shape index (κ2) is 7.08. The molecule has 1 aromatic heterocycles. The molecule has 24 heavy (non-hydrogen) atoms. The molecule has 0 spiro atoms. The van der Waals surface area contributed by atoms with Crippen LogP contribution in [0.25, 0.3) is 17.0 Å². The maximum absolute atomic E-state index is 12.1. The number of para-hydroxylation sites is 1. The maximum Gasteiger partial charge on any atom is 0.333 e. The zero-order valence-corrected chi connectivity index (χ0v) is 13.2. The Labute approximate surface area is 139 Å². The van der Waals surface area contributed by atoms with Crippen molar-refractivity contribution in [1.82, 2.24) is 10.3 Å². The summed E-state index contributed by atoms with van der Waals surface area (Å²) in [5.41, 5.74) is 2.38. The lowest BCUT2D eigenvalue weighted by Gasteiger charge is -2.17. The van der Waals surface area contributed by atoms with Crippen molar-refractivity contribution in [2.75, 3.05) is 0 Å². The average Bonchev–Trinajstić information content (AvgIpc) is 2.60. The first-order valence-corrected chi connectivity index (χ1v) is 7.93. The maximum atomic E-state index is 12.1. The van der Waals surface area contributed by atoms with Crippen LogP contribution in [-0.4, -0.2) is 22.0 Å². The van der Waals surface area contributed by atoms with E-state index in [1.165, 1.54) is 6.08 Å². The van der Waals surface area contributed by atoms with Crippen LogP contribution >= 0.6 is 0 Å². The van der Waals surface area contributed by atoms with E-state index in [9.17, 15) is 14.7 Å². The van der Waals surface area contributed by atoms with Gasteiger partial charge in [0.15, 0.2) is 0 Å². The number of fused-ring (bicyclic) bond motifs is 1. The largest absolute Gasteiger partial charge is 0.478 e. The van der Waals surface area contributed by atoms with Crippen LogP contribution in [0.2, 0.25) is 0 Å². The van der Waals surface area contributed by atoms with Crippen LogP contribution in [0.15, 0.2) is 53.7 Å². The number of aliphatic carboxylic acids is 1. The molecule has 0 atom stereocenters. The van der Waals surface area contributed by atoms with Crippen molar-refractivity contribution in [2.24, 2.45) is 0 Å². The molecule has 0 radical (unpaired) electrons. The van der Waals surface area contributed by atoms with Crippen LogP contribution in [0.4, 0.5) is 0 Å². The lowest BCUT2D eigenvalue weighted by molar-refractivity contribution is -0.133. The quantitative estimate of drug-likeness (QED) is 0.847. The van der Waals surface area contributed by atoms with E-state index in [4.69, 9.17) is 0 Å². The smallest absolute Gasteiger partial charge is 0.333 e. The fourth-order valence-corrected chi connectivity index (χ4v) is 2.81. The summed E-state index contributed by atoms with van der Waals surface area (Å²) in [4.78, 5) is 27.7. The molecule has 0 saturated carbocycles. The summed E-state index contributed by atoms with van der Waals surface area (Å²) in [6.07, 6.45) is 5.85. The molecule has 2 N–H and O–H groups in total. The summed E-state index contributed by atoms with van der Waals surface area (Å²) in [6, 6.07) is 11.6. The van der Waals surface area contributed by atoms with Gasteiger partial charge < -0.3 is 10.4 Å². The van der Waals surface area contributed by atoms with Gasteiger partial charge in [-0.05, 0) is 43.9 Å². The highest BCUT2D eigenvalue weighted by Crippen LogP contribution is 2.23. The highest BCUT2D eigenvalue weighted by molar-refractivity contribution is 5.95. The summed E-state index contributed by atoms with van der Waals surface area (Å²) >= 11 is 0. The molecule has 0 bridgehead atoms. The Hall–Kier alpha value is -2.95. The number of benzene rings is 1. The zero-order chi connectivity index (χ0) is 16.9. The minimum atomic E-state index is -0.954. The Bertz CT molecular complexity index is 853. The lowest BCUT2D eigenvalue weighted by atomic mass is 9.96. The highest BCUT2D eigenvalue weighted by atomic mass is 16.4. The molecule has 0 aliphatic heterocycles. The van der Waals surface area contributed by atoms with Gasteiger partial charge in [-0.3, -0.25) is 4.79 Å². The summed E-state index contributed by atoms with van der Waals surface area (Å²) < 4.78 is 0. The third-order valence-electron chi connectivity index (χ3n) is 4.03. The Kier molecular flexibility index (Phi) is 4.70. The summed E-state index contributed by atoms with van der Waals surface area (Å²) in [7, 11) is 0. The van der Waals surface area contributed by atoms with Crippen molar-refractivity contribution in [2.45, 2.75) is 25.7 Å². The van der Waals surface area contributed by atoms with Gasteiger partial charge in [-0.15, -0.1) is 0 Å². The Morgan fingerprint density at radius 2 is 1.88 bits per heavy atom. The van der Waals surface area contributed by atoms with Gasteiger partial charge in [0.1, 0.15) is 0 Å². The first-order valence-electron chi connectivity index (χ1n) is 7.93. The van der Waals surface area contributed by atoms with E-state index in [0.717, 1.165) is 23.7 Å². The van der Waals surface area contributed by atoms with E-state index in [0.29, 0.717) is 29.8 Å². The molecule has 1 heterocycles. The third-order valence-corrected chi connectivity index (χ3v) is 4.03. The zero-order valence-electron chi connectivity index (χ0n) is 13.2. The van der Waals surface area contributed by atoms with Gasteiger partial charge in [0.2, 0.25) is 5.91 Å². The van der Waals surface area contributed by atoms with Gasteiger partial charge in [0, 0.05) is 17.2 Å². The molecule has 2 aromatic rings. The Morgan fingerprint density at radius 1 is 1.08 bits per heavy atom. The van der Waals surface area contributed by atoms with Gasteiger partial charge in [-0.2, -0.15) is 0 Å². The number of nitrogens with zero attached hydrogens (tertiary/aromatic N) is 1. The summed E-state index contributed by atoms with van der Waals surface area (Å²) in [5.74, 6) is -1.29. The van der Waals surface area contributed by atoms with Crippen molar-refractivity contribution < 1.29 is 14.7 Å². The topological polar surface area (TPSA) is 79.3 Å². The molecule has 5 nitrogen and oxygen atoms in total. The summed E-state index contributed by atoms with van der Waals surface area (Å²) in [5, 5.41) is 12.9. The van der Waals surface area contributed by atoms with Crippen molar-refractivity contribution in [3.05, 3.63) is 59.4 Å². The van der Waals surface area contributed by atoms with Crippen LogP contribution in [-0.2, 0) is 9.59 Å². The standard InChI is InChI=1S/C19H18N2O3/c22-18(21-17-8-4-2-6-15(17)19(23)24)12-11-14-10-9-13-5-1-3-7-16(13)20-14/h1,3,5,7,9-12H,2,4,6,8H2,(H,21,22)(H,23,24)/b12-11+. The molecule has 1 amide bonds. The second-order valence-electron chi connectivity index (χ2n) is 5.72. The predicted octanol–water partition coefficient (Wildman–Crippen LogP) is 3.28. The monoisotopic (exact) mass is 322 g/mol. The fraction of sp³-hybridized carbons (Fsp3) is 0.211. The highest BCUT2D eigenvalue weighted by Gasteiger charge is 2.19. The van der Waals surface area contributed by atoms with Gasteiger partial charge in [-0.1, -0.05) is 24.3 Å². The van der Waals surface area contributed by atoms with Crippen LogP contribution in [0.1, 0.15) is 31.4 Å². The molecular weight excluding hydrogens is 304 g/mol. The first-order chi connectivity index (χ1) is 11.6. The molecular formula is C19H18N2O3. The number of amides is 1. The Morgan fingerprint density at radius 3 is 2.71 bits per heavy atom. The van der Waals surface area contributed by atoms with Crippen molar-refractivity contribution in [1.29, 1.82) is 0 Å². The third kappa shape index (κ3) is 3.68. The van der Waals surface area contributed by atoms with Crippen LogP contribution in [0.5, 0.6) is 0 Å². The van der Waals surface area contributed by atoms with Crippen LogP contribution in [0, 0.1) is 0 Å². The Balaban J connectivity index is 1.73. The molecule has 3 rings (SSSR count). The van der Waals surface area contributed by atoms with E-state index >= 15 is 0 Å². The number of pyridine rings is 1. The summed E-state index contributed by atoms with van der Waals surface area (Å²) in [6.45, 7) is 0. The van der Waals surface area contributed by atoms with Crippen molar-refractivity contribution >= 4 is 28.9 Å². The van der Waals surface area contributed by atoms with Crippen LogP contribution in [0.3, 0.4) is 0 Å². The van der Waals surface area contributed by atoms with Crippen molar-refractivity contribution in [3.63, 3.8) is 0 Å². The number of rotatable bonds is 4. The number of allylic oxidation sites excluding steroid dienone is 1. The number of hydrogen-bond donors (Lipinski definition) is 2. The number of carbonyl (C=O) groups excluding carboxylic acids is 1. The molecule has 0 unspecified atom stereocenters. The van der Waals surface area contributed by atoms with Crippen molar-refractivity contribution in [3.8, 4) is 0 Å². The number of carboxylic acids is 1. The predicted molar refractivity (Wildman–Crippen MR) is 92.0 cm³/mol. The molecule has 0 fully saturated rings. The number of aromatic nitrogens is 1. The average molecular weight is 322 g/mol. The number of hydrogen-bond acceptors (Lipinski definition) is 3. The minimum Gasteiger partial charge on any atom is -0.478 e. The lowest BCUT2D eigenvalue weighted by Crippen LogP contribution is -2.25. The van der Waals surface area contributed by atoms with E-state index < -0.39 is 5.97 Å². The van der Waals surface area contributed by atoms with E-state index in [2.05, 4.69) is 10.3 Å². The van der Waals surface area contributed by atoms with Gasteiger partial charge in [-0.25, -0.2) is 9.78 Å². The van der Waals surface area contributed by atoms with Gasteiger partial charge >= 0.3 is 5.97 Å². The van der Waals surface area contributed by atoms with Gasteiger partial charge in [0.05, 0.1) is 16.8 Å². The molecule has 5 heteroatoms. The molecule has 1 aliphatic rings. The first kappa shape index (κ1) is 15.9. The molecule has 1 aliphatic carbocycles. The van der Waals surface area contributed by atoms with E-state index in [1.54, 1.807) is 6.08 Å². The fourth-order valence-electron chi connectivity index (χ4n) is 2.81. The molecule has 122 valence electrons. The number of carboxylic acid groups (broad SMARTS) is 1. The van der Waals surface area contributed by atoms with E-state index in [-0.39, 0.29) is 5.91 Å². The SMILES string of the molecule is O=C(/C=C/c1ccc2ccccc2n1)NC1=C(C(=O)O)CCCC1. The van der Waals surface area contributed by atoms with Gasteiger partial charge in [0.25, 0.3) is 0 Å². The number of nitrogens with one attached hydrogen (secondary N) is 1. The molecule has 1 aromatic carbocycles. The van der Waals surface area contributed by atoms with E-state index in [1.807, 2.05) is 36.4 Å². The van der Waals surface area contributed by atoms with Crippen LogP contribution < -0.4 is 5.32 Å².